The monoisotopic (exact) mass is 355 g/mol. The number of primary sulfonamides is 1. The Hall–Kier alpha value is -1.51. The molecule has 2 heterocycles. The van der Waals surface area contributed by atoms with Gasteiger partial charge >= 0.3 is 0 Å². The Labute approximate surface area is 141 Å². The Morgan fingerprint density at radius 1 is 1.29 bits per heavy atom. The molecule has 1 unspecified atom stereocenters. The molecule has 2 fully saturated rings. The molecule has 2 N–H and O–H groups in total. The molecule has 3 rings (SSSR count). The van der Waals surface area contributed by atoms with E-state index in [2.05, 4.69) is 11.8 Å². The molecule has 1 aromatic rings. The summed E-state index contributed by atoms with van der Waals surface area (Å²) in [6.07, 6.45) is 3.56. The number of likely N-dealkylation sites (tertiary alicyclic amines) is 2. The SMILES string of the molecule is CC1CCCCN1C1CN(C(=O)c2cc(S(N)(=O)=O)ccc2F)C1. The molecule has 8 heteroatoms. The number of sulfonamides is 1. The van der Waals surface area contributed by atoms with Crippen LogP contribution in [0.3, 0.4) is 0 Å². The molecule has 0 radical (unpaired) electrons. The van der Waals surface area contributed by atoms with Crippen LogP contribution in [-0.2, 0) is 10.0 Å². The maximum absolute atomic E-state index is 13.9. The molecule has 2 aliphatic heterocycles. The first-order chi connectivity index (χ1) is 11.3. The van der Waals surface area contributed by atoms with E-state index in [0.717, 1.165) is 31.2 Å². The fraction of sp³-hybridized carbons (Fsp3) is 0.562. The van der Waals surface area contributed by atoms with Gasteiger partial charge < -0.3 is 4.90 Å². The zero-order valence-corrected chi connectivity index (χ0v) is 14.4. The van der Waals surface area contributed by atoms with Gasteiger partial charge in [0.1, 0.15) is 5.82 Å². The molecule has 0 aliphatic carbocycles. The molecule has 0 spiro atoms. The van der Waals surface area contributed by atoms with Gasteiger partial charge in [0.25, 0.3) is 5.91 Å². The molecule has 0 saturated carbocycles. The number of benzene rings is 1. The highest BCUT2D eigenvalue weighted by Gasteiger charge is 2.38. The van der Waals surface area contributed by atoms with Crippen LogP contribution in [0.15, 0.2) is 23.1 Å². The molecule has 1 atom stereocenters. The van der Waals surface area contributed by atoms with Gasteiger partial charge in [-0.3, -0.25) is 9.69 Å². The van der Waals surface area contributed by atoms with Crippen LogP contribution in [0.4, 0.5) is 4.39 Å². The van der Waals surface area contributed by atoms with E-state index in [-0.39, 0.29) is 10.5 Å². The number of amides is 1. The third-order valence-corrected chi connectivity index (χ3v) is 5.88. The summed E-state index contributed by atoms with van der Waals surface area (Å²) < 4.78 is 36.7. The first-order valence-electron chi connectivity index (χ1n) is 8.15. The number of nitrogens with zero attached hydrogens (tertiary/aromatic N) is 2. The van der Waals surface area contributed by atoms with Crippen LogP contribution in [0, 0.1) is 5.82 Å². The van der Waals surface area contributed by atoms with Crippen LogP contribution >= 0.6 is 0 Å². The number of hydrogen-bond donors (Lipinski definition) is 1. The predicted molar refractivity (Wildman–Crippen MR) is 87.5 cm³/mol. The van der Waals surface area contributed by atoms with E-state index < -0.39 is 21.7 Å². The number of carbonyl (C=O) groups excluding carboxylic acids is 1. The molecule has 132 valence electrons. The summed E-state index contributed by atoms with van der Waals surface area (Å²) >= 11 is 0. The van der Waals surface area contributed by atoms with E-state index in [4.69, 9.17) is 5.14 Å². The van der Waals surface area contributed by atoms with E-state index in [0.29, 0.717) is 25.2 Å². The van der Waals surface area contributed by atoms with E-state index >= 15 is 0 Å². The van der Waals surface area contributed by atoms with E-state index in [1.165, 1.54) is 12.8 Å². The van der Waals surface area contributed by atoms with Gasteiger partial charge in [0.05, 0.1) is 10.5 Å². The highest BCUT2D eigenvalue weighted by atomic mass is 32.2. The quantitative estimate of drug-likeness (QED) is 0.882. The van der Waals surface area contributed by atoms with Gasteiger partial charge in [0.2, 0.25) is 10.0 Å². The summed E-state index contributed by atoms with van der Waals surface area (Å²) in [5.41, 5.74) is -0.244. The van der Waals surface area contributed by atoms with Crippen molar-refractivity contribution in [2.75, 3.05) is 19.6 Å². The minimum absolute atomic E-state index is 0.244. The second kappa shape index (κ2) is 6.42. The average Bonchev–Trinajstić information content (AvgIpc) is 2.46. The molecule has 2 saturated heterocycles. The highest BCUT2D eigenvalue weighted by molar-refractivity contribution is 7.89. The van der Waals surface area contributed by atoms with Crippen molar-refractivity contribution >= 4 is 15.9 Å². The number of nitrogens with two attached hydrogens (primary N) is 1. The smallest absolute Gasteiger partial charge is 0.256 e. The molecule has 1 aromatic carbocycles. The minimum Gasteiger partial charge on any atom is -0.335 e. The maximum Gasteiger partial charge on any atom is 0.256 e. The lowest BCUT2D eigenvalue weighted by atomic mass is 9.97. The van der Waals surface area contributed by atoms with Crippen molar-refractivity contribution in [1.82, 2.24) is 9.80 Å². The largest absolute Gasteiger partial charge is 0.335 e. The fourth-order valence-corrected chi connectivity index (χ4v) is 4.05. The fourth-order valence-electron chi connectivity index (χ4n) is 3.51. The average molecular weight is 355 g/mol. The highest BCUT2D eigenvalue weighted by Crippen LogP contribution is 2.26. The Bertz CT molecular complexity index is 747. The van der Waals surface area contributed by atoms with Gasteiger partial charge in [-0.2, -0.15) is 0 Å². The Morgan fingerprint density at radius 3 is 2.62 bits per heavy atom. The van der Waals surface area contributed by atoms with Crippen LogP contribution in [0.1, 0.15) is 36.5 Å². The van der Waals surface area contributed by atoms with Gasteiger partial charge in [-0.1, -0.05) is 6.42 Å². The van der Waals surface area contributed by atoms with Crippen LogP contribution in [-0.4, -0.2) is 55.8 Å². The number of piperidine rings is 1. The second-order valence-electron chi connectivity index (χ2n) is 6.63. The summed E-state index contributed by atoms with van der Waals surface area (Å²) in [4.78, 5) is 16.2. The number of hydrogen-bond acceptors (Lipinski definition) is 4. The Kier molecular flexibility index (Phi) is 4.63. The van der Waals surface area contributed by atoms with Crippen molar-refractivity contribution in [2.45, 2.75) is 43.2 Å². The van der Waals surface area contributed by atoms with Crippen LogP contribution in [0.25, 0.3) is 0 Å². The lowest BCUT2D eigenvalue weighted by Crippen LogP contribution is -2.63. The van der Waals surface area contributed by atoms with Gasteiger partial charge in [0.15, 0.2) is 0 Å². The van der Waals surface area contributed by atoms with E-state index in [1.807, 2.05) is 0 Å². The van der Waals surface area contributed by atoms with E-state index in [1.54, 1.807) is 4.90 Å². The van der Waals surface area contributed by atoms with Crippen molar-refractivity contribution in [3.05, 3.63) is 29.6 Å². The standard InChI is InChI=1S/C16H22FN3O3S/c1-11-4-2-3-7-20(11)12-9-19(10-12)16(21)14-8-13(24(18,22)23)5-6-15(14)17/h5-6,8,11-12H,2-4,7,9-10H2,1H3,(H2,18,22,23). The zero-order valence-electron chi connectivity index (χ0n) is 13.6. The van der Waals surface area contributed by atoms with Crippen molar-refractivity contribution in [2.24, 2.45) is 5.14 Å². The third-order valence-electron chi connectivity index (χ3n) is 4.97. The molecular formula is C16H22FN3O3S. The summed E-state index contributed by atoms with van der Waals surface area (Å²) in [7, 11) is -3.97. The van der Waals surface area contributed by atoms with Crippen LogP contribution in [0.5, 0.6) is 0 Å². The lowest BCUT2D eigenvalue weighted by molar-refractivity contribution is 0.00187. The van der Waals surface area contributed by atoms with Gasteiger partial charge in [-0.05, 0) is 44.5 Å². The predicted octanol–water partition coefficient (Wildman–Crippen LogP) is 1.17. The van der Waals surface area contributed by atoms with Crippen LogP contribution < -0.4 is 5.14 Å². The lowest BCUT2D eigenvalue weighted by Gasteiger charge is -2.49. The minimum atomic E-state index is -3.97. The van der Waals surface area contributed by atoms with Crippen molar-refractivity contribution < 1.29 is 17.6 Å². The normalized spacial score (nSPS) is 23.1. The summed E-state index contributed by atoms with van der Waals surface area (Å²) in [5.74, 6) is -1.22. The second-order valence-corrected chi connectivity index (χ2v) is 8.19. The molecular weight excluding hydrogens is 333 g/mol. The molecule has 24 heavy (non-hydrogen) atoms. The number of rotatable bonds is 3. The summed E-state index contributed by atoms with van der Waals surface area (Å²) in [6, 6.07) is 3.86. The summed E-state index contributed by atoms with van der Waals surface area (Å²) in [5, 5.41) is 5.05. The zero-order chi connectivity index (χ0) is 17.5. The van der Waals surface area contributed by atoms with Gasteiger partial charge in [-0.15, -0.1) is 0 Å². The first-order valence-corrected chi connectivity index (χ1v) is 9.69. The van der Waals surface area contributed by atoms with Crippen LogP contribution in [0.2, 0.25) is 0 Å². The number of halogens is 1. The Balaban J connectivity index is 1.70. The summed E-state index contributed by atoms with van der Waals surface area (Å²) in [6.45, 7) is 4.31. The molecule has 2 aliphatic rings. The third kappa shape index (κ3) is 3.31. The number of carbonyl (C=O) groups is 1. The topological polar surface area (TPSA) is 83.7 Å². The first kappa shape index (κ1) is 17.3. The molecule has 0 bridgehead atoms. The van der Waals surface area contributed by atoms with Crippen molar-refractivity contribution in [3.8, 4) is 0 Å². The molecule has 1 amide bonds. The molecule has 6 nitrogen and oxygen atoms in total. The van der Waals surface area contributed by atoms with Gasteiger partial charge in [-0.25, -0.2) is 17.9 Å². The molecule has 0 aromatic heterocycles. The van der Waals surface area contributed by atoms with Gasteiger partial charge in [0, 0.05) is 25.2 Å². The van der Waals surface area contributed by atoms with E-state index in [9.17, 15) is 17.6 Å². The van der Waals surface area contributed by atoms with Crippen molar-refractivity contribution in [1.29, 1.82) is 0 Å². The maximum atomic E-state index is 13.9. The Morgan fingerprint density at radius 2 is 2.00 bits per heavy atom. The van der Waals surface area contributed by atoms with Crippen molar-refractivity contribution in [3.63, 3.8) is 0 Å².